The van der Waals surface area contributed by atoms with E-state index in [4.69, 9.17) is 0 Å². The standard InChI is InChI=1S/C30H33FN2/c1-3-5-6-7-8-10-25-11-13-26(14-12-25)22-32-33-23-27-17-20-29(30(31)21-27)28-18-15-24(9-4-2)16-19-28/h3,11-23H,1,4-10H2,2H3. The second kappa shape index (κ2) is 13.3. The third kappa shape index (κ3) is 7.94. The largest absolute Gasteiger partial charge is 0.206 e. The zero-order valence-electron chi connectivity index (χ0n) is 19.5. The average molecular weight is 441 g/mol. The molecular formula is C30H33FN2. The van der Waals surface area contributed by atoms with Gasteiger partial charge >= 0.3 is 0 Å². The first-order chi connectivity index (χ1) is 16.2. The summed E-state index contributed by atoms with van der Waals surface area (Å²) in [6.45, 7) is 5.92. The predicted molar refractivity (Wildman–Crippen MR) is 140 cm³/mol. The van der Waals surface area contributed by atoms with Crippen LogP contribution in [0.15, 0.2) is 89.6 Å². The van der Waals surface area contributed by atoms with Gasteiger partial charge in [-0.05, 0) is 66.0 Å². The fourth-order valence-corrected chi connectivity index (χ4v) is 3.75. The van der Waals surface area contributed by atoms with Gasteiger partial charge in [0, 0.05) is 5.56 Å². The van der Waals surface area contributed by atoms with Gasteiger partial charge in [-0.25, -0.2) is 4.39 Å². The number of nitrogens with zero attached hydrogens (tertiary/aromatic N) is 2. The average Bonchev–Trinajstić information content (AvgIpc) is 2.83. The van der Waals surface area contributed by atoms with Gasteiger partial charge in [0.05, 0.1) is 12.4 Å². The molecule has 33 heavy (non-hydrogen) atoms. The van der Waals surface area contributed by atoms with Gasteiger partial charge in [-0.3, -0.25) is 0 Å². The molecule has 0 atom stereocenters. The first-order valence-electron chi connectivity index (χ1n) is 11.8. The molecule has 3 rings (SSSR count). The molecule has 0 unspecified atom stereocenters. The number of unbranched alkanes of at least 4 members (excludes halogenated alkanes) is 3. The van der Waals surface area contributed by atoms with Gasteiger partial charge in [-0.1, -0.05) is 86.5 Å². The molecule has 3 heteroatoms. The van der Waals surface area contributed by atoms with Crippen molar-refractivity contribution in [2.24, 2.45) is 10.2 Å². The van der Waals surface area contributed by atoms with E-state index in [9.17, 15) is 4.39 Å². The van der Waals surface area contributed by atoms with E-state index in [0.29, 0.717) is 11.1 Å². The van der Waals surface area contributed by atoms with E-state index in [1.165, 1.54) is 36.5 Å². The third-order valence-electron chi connectivity index (χ3n) is 5.63. The highest BCUT2D eigenvalue weighted by atomic mass is 19.1. The fourth-order valence-electron chi connectivity index (χ4n) is 3.75. The summed E-state index contributed by atoms with van der Waals surface area (Å²) in [4.78, 5) is 0. The molecule has 2 nitrogen and oxygen atoms in total. The minimum absolute atomic E-state index is 0.258. The van der Waals surface area contributed by atoms with Crippen LogP contribution in [0.3, 0.4) is 0 Å². The van der Waals surface area contributed by atoms with Crippen molar-refractivity contribution in [2.45, 2.75) is 51.9 Å². The lowest BCUT2D eigenvalue weighted by atomic mass is 10.0. The maximum atomic E-state index is 14.6. The number of rotatable bonds is 12. The third-order valence-corrected chi connectivity index (χ3v) is 5.63. The maximum Gasteiger partial charge on any atom is 0.131 e. The van der Waals surface area contributed by atoms with Crippen LogP contribution >= 0.6 is 0 Å². The molecular weight excluding hydrogens is 407 g/mol. The summed E-state index contributed by atoms with van der Waals surface area (Å²) in [5.74, 6) is -0.258. The molecule has 3 aromatic rings. The van der Waals surface area contributed by atoms with E-state index in [0.717, 1.165) is 36.8 Å². The van der Waals surface area contributed by atoms with Gasteiger partial charge in [0.1, 0.15) is 5.82 Å². The Hall–Kier alpha value is -3.33. The monoisotopic (exact) mass is 440 g/mol. The van der Waals surface area contributed by atoms with Crippen LogP contribution in [0, 0.1) is 5.82 Å². The molecule has 0 aliphatic rings. The second-order valence-electron chi connectivity index (χ2n) is 8.30. The van der Waals surface area contributed by atoms with Gasteiger partial charge < -0.3 is 0 Å². The Morgan fingerprint density at radius 3 is 2.06 bits per heavy atom. The lowest BCUT2D eigenvalue weighted by Gasteiger charge is -2.06. The van der Waals surface area contributed by atoms with E-state index in [1.807, 2.05) is 24.3 Å². The number of benzene rings is 3. The van der Waals surface area contributed by atoms with Crippen molar-refractivity contribution < 1.29 is 4.39 Å². The number of halogens is 1. The van der Waals surface area contributed by atoms with Crippen LogP contribution in [0.1, 0.15) is 61.3 Å². The first kappa shape index (κ1) is 24.3. The molecule has 0 bridgehead atoms. The Kier molecular flexibility index (Phi) is 9.78. The Bertz CT molecular complexity index is 1060. The lowest BCUT2D eigenvalue weighted by Crippen LogP contribution is -1.90. The highest BCUT2D eigenvalue weighted by molar-refractivity contribution is 5.83. The number of hydrogen-bond donors (Lipinski definition) is 0. The molecule has 0 aromatic heterocycles. The smallest absolute Gasteiger partial charge is 0.131 e. The van der Waals surface area contributed by atoms with Crippen molar-refractivity contribution in [1.82, 2.24) is 0 Å². The molecule has 0 saturated heterocycles. The fraction of sp³-hybridized carbons (Fsp3) is 0.267. The minimum atomic E-state index is -0.258. The Morgan fingerprint density at radius 2 is 1.39 bits per heavy atom. The first-order valence-corrected chi connectivity index (χ1v) is 11.8. The maximum absolute atomic E-state index is 14.6. The summed E-state index contributed by atoms with van der Waals surface area (Å²) in [6.07, 6.45) is 13.3. The molecule has 0 amide bonds. The van der Waals surface area contributed by atoms with Crippen molar-refractivity contribution in [2.75, 3.05) is 0 Å². The van der Waals surface area contributed by atoms with Gasteiger partial charge in [-0.2, -0.15) is 10.2 Å². The Morgan fingerprint density at radius 1 is 0.758 bits per heavy atom. The highest BCUT2D eigenvalue weighted by Crippen LogP contribution is 2.24. The van der Waals surface area contributed by atoms with Gasteiger partial charge in [0.25, 0.3) is 0 Å². The summed E-state index contributed by atoms with van der Waals surface area (Å²) in [5, 5.41) is 8.20. The van der Waals surface area contributed by atoms with E-state index < -0.39 is 0 Å². The molecule has 0 saturated carbocycles. The summed E-state index contributed by atoms with van der Waals surface area (Å²) in [5.41, 5.74) is 5.77. The van der Waals surface area contributed by atoms with E-state index in [2.05, 4.69) is 60.1 Å². The van der Waals surface area contributed by atoms with Crippen LogP contribution in [-0.4, -0.2) is 12.4 Å². The van der Waals surface area contributed by atoms with Gasteiger partial charge in [0.15, 0.2) is 0 Å². The second-order valence-corrected chi connectivity index (χ2v) is 8.30. The van der Waals surface area contributed by atoms with Crippen molar-refractivity contribution in [3.05, 3.63) is 107 Å². The molecule has 0 N–H and O–H groups in total. The molecule has 170 valence electrons. The molecule has 0 fully saturated rings. The summed E-state index contributed by atoms with van der Waals surface area (Å²) >= 11 is 0. The Balaban J connectivity index is 1.53. The van der Waals surface area contributed by atoms with Crippen molar-refractivity contribution >= 4 is 12.4 Å². The Labute approximate surface area is 197 Å². The van der Waals surface area contributed by atoms with E-state index in [-0.39, 0.29) is 5.82 Å². The summed E-state index contributed by atoms with van der Waals surface area (Å²) in [6, 6.07) is 21.6. The van der Waals surface area contributed by atoms with Gasteiger partial charge in [-0.15, -0.1) is 6.58 Å². The molecule has 0 spiro atoms. The van der Waals surface area contributed by atoms with Gasteiger partial charge in [0.2, 0.25) is 0 Å². The van der Waals surface area contributed by atoms with E-state index in [1.54, 1.807) is 18.5 Å². The summed E-state index contributed by atoms with van der Waals surface area (Å²) < 4.78 is 14.6. The molecule has 0 aliphatic heterocycles. The van der Waals surface area contributed by atoms with Crippen molar-refractivity contribution in [1.29, 1.82) is 0 Å². The highest BCUT2D eigenvalue weighted by Gasteiger charge is 2.06. The number of hydrogen-bond acceptors (Lipinski definition) is 2. The molecule has 0 heterocycles. The molecule has 0 radical (unpaired) electrons. The normalized spacial score (nSPS) is 11.5. The van der Waals surface area contributed by atoms with Crippen molar-refractivity contribution in [3.8, 4) is 11.1 Å². The zero-order valence-corrected chi connectivity index (χ0v) is 19.5. The van der Waals surface area contributed by atoms with Crippen LogP contribution in [0.25, 0.3) is 11.1 Å². The van der Waals surface area contributed by atoms with Crippen molar-refractivity contribution in [3.63, 3.8) is 0 Å². The van der Waals surface area contributed by atoms with Crippen LogP contribution in [0.2, 0.25) is 0 Å². The SMILES string of the molecule is C=CCCCCCc1ccc(C=NN=Cc2ccc(-c3ccc(CCC)cc3)c(F)c2)cc1. The molecule has 0 aliphatic carbocycles. The quantitative estimate of drug-likeness (QED) is 0.117. The van der Waals surface area contributed by atoms with Crippen LogP contribution in [0.5, 0.6) is 0 Å². The summed E-state index contributed by atoms with van der Waals surface area (Å²) in [7, 11) is 0. The van der Waals surface area contributed by atoms with Crippen LogP contribution in [-0.2, 0) is 12.8 Å². The van der Waals surface area contributed by atoms with Crippen LogP contribution < -0.4 is 0 Å². The van der Waals surface area contributed by atoms with E-state index >= 15 is 0 Å². The topological polar surface area (TPSA) is 24.7 Å². The minimum Gasteiger partial charge on any atom is -0.206 e. The lowest BCUT2D eigenvalue weighted by molar-refractivity contribution is 0.631. The number of aryl methyl sites for hydroxylation is 2. The predicted octanol–water partition coefficient (Wildman–Crippen LogP) is 8.19. The number of allylic oxidation sites excluding steroid dienone is 1. The van der Waals surface area contributed by atoms with Crippen LogP contribution in [0.4, 0.5) is 4.39 Å². The molecule has 3 aromatic carbocycles. The zero-order chi connectivity index (χ0) is 23.3.